The molecule has 48 heavy (non-hydrogen) atoms. The van der Waals surface area contributed by atoms with Gasteiger partial charge in [-0.05, 0) is 38.5 Å². The predicted octanol–water partition coefficient (Wildman–Crippen LogP) is 10.9. The number of nitrogens with two attached hydrogens (primary N) is 1. The Morgan fingerprint density at radius 1 is 0.646 bits per heavy atom. The summed E-state index contributed by atoms with van der Waals surface area (Å²) in [6.45, 7) is 4.23. The molecule has 0 amide bonds. The zero-order valence-electron chi connectivity index (χ0n) is 31.4. The Morgan fingerprint density at radius 3 is 1.50 bits per heavy atom. The van der Waals surface area contributed by atoms with E-state index in [0.717, 1.165) is 44.9 Å². The highest BCUT2D eigenvalue weighted by atomic mass is 31.2. The fourth-order valence-electron chi connectivity index (χ4n) is 5.96. The SMILES string of the molecule is CCCCCCCC/C=C\CCCCCCCCO[C@@H](CO)C(OP(=O)(O)OCCN)C(=O)CCCCCCCCCCCCCCC. The standard InChI is InChI=1S/C39H78NO7P/c1-3-5-7-9-11-13-15-17-18-19-21-23-25-27-29-31-34-45-38(36-41)39(47-48(43,44)46-35-33-40)37(42)32-30-28-26-24-22-20-16-14-12-10-8-6-4-2/h17-18,38-39,41H,3-16,19-36,40H2,1-2H3,(H,43,44)/b18-17-/t38-,39?/m0/s1. The molecule has 0 radical (unpaired) electrons. The molecular weight excluding hydrogens is 625 g/mol. The summed E-state index contributed by atoms with van der Waals surface area (Å²) in [6.07, 6.45) is 35.0. The van der Waals surface area contributed by atoms with Crippen molar-refractivity contribution >= 4 is 13.6 Å². The lowest BCUT2D eigenvalue weighted by Crippen LogP contribution is -2.40. The van der Waals surface area contributed by atoms with Gasteiger partial charge in [-0.1, -0.05) is 161 Å². The van der Waals surface area contributed by atoms with Crippen LogP contribution in [0, 0.1) is 0 Å². The van der Waals surface area contributed by atoms with Crippen LogP contribution in [0.4, 0.5) is 0 Å². The summed E-state index contributed by atoms with van der Waals surface area (Å²) in [5.74, 6) is -0.344. The Morgan fingerprint density at radius 2 is 1.06 bits per heavy atom. The fourth-order valence-corrected chi connectivity index (χ4v) is 6.89. The number of ether oxygens (including phenoxy) is 1. The van der Waals surface area contributed by atoms with Crippen molar-refractivity contribution in [2.24, 2.45) is 5.73 Å². The van der Waals surface area contributed by atoms with Gasteiger partial charge < -0.3 is 20.5 Å². The Kier molecular flexibility index (Phi) is 35.7. The number of ketones is 1. The molecule has 9 heteroatoms. The predicted molar refractivity (Wildman–Crippen MR) is 201 cm³/mol. The minimum absolute atomic E-state index is 0.0430. The number of rotatable bonds is 39. The van der Waals surface area contributed by atoms with E-state index in [4.69, 9.17) is 19.5 Å². The maximum absolute atomic E-state index is 13.1. The van der Waals surface area contributed by atoms with Crippen LogP contribution >= 0.6 is 7.82 Å². The zero-order valence-corrected chi connectivity index (χ0v) is 32.3. The first kappa shape index (κ1) is 47.4. The molecule has 4 N–H and O–H groups in total. The second-order valence-electron chi connectivity index (χ2n) is 13.6. The van der Waals surface area contributed by atoms with Crippen molar-refractivity contribution in [3.05, 3.63) is 12.2 Å². The van der Waals surface area contributed by atoms with Crippen LogP contribution in [0.2, 0.25) is 0 Å². The van der Waals surface area contributed by atoms with Gasteiger partial charge in [-0.3, -0.25) is 13.8 Å². The van der Waals surface area contributed by atoms with Gasteiger partial charge >= 0.3 is 7.82 Å². The van der Waals surface area contributed by atoms with Crippen molar-refractivity contribution in [3.63, 3.8) is 0 Å². The van der Waals surface area contributed by atoms with Gasteiger partial charge in [0.15, 0.2) is 11.9 Å². The average Bonchev–Trinajstić information content (AvgIpc) is 3.08. The van der Waals surface area contributed by atoms with Gasteiger partial charge in [-0.25, -0.2) is 4.57 Å². The molecule has 0 spiro atoms. The molecular formula is C39H78NO7P. The van der Waals surface area contributed by atoms with Gasteiger partial charge in [-0.15, -0.1) is 0 Å². The van der Waals surface area contributed by atoms with Crippen LogP contribution in [-0.2, 0) is 23.1 Å². The van der Waals surface area contributed by atoms with Gasteiger partial charge in [0.25, 0.3) is 0 Å². The number of hydrogen-bond donors (Lipinski definition) is 3. The molecule has 0 saturated heterocycles. The van der Waals surface area contributed by atoms with Crippen LogP contribution in [0.5, 0.6) is 0 Å². The summed E-state index contributed by atoms with van der Waals surface area (Å²) < 4.78 is 28.5. The normalized spacial score (nSPS) is 14.4. The van der Waals surface area contributed by atoms with Crippen LogP contribution in [0.25, 0.3) is 0 Å². The van der Waals surface area contributed by atoms with Gasteiger partial charge in [0.1, 0.15) is 6.10 Å². The Hall–Kier alpha value is -0.600. The first-order chi connectivity index (χ1) is 23.4. The van der Waals surface area contributed by atoms with E-state index in [9.17, 15) is 19.4 Å². The molecule has 0 aliphatic heterocycles. The van der Waals surface area contributed by atoms with Gasteiger partial charge in [0.2, 0.25) is 0 Å². The molecule has 0 saturated carbocycles. The van der Waals surface area contributed by atoms with E-state index in [-0.39, 0.29) is 25.4 Å². The van der Waals surface area contributed by atoms with Crippen molar-refractivity contribution in [2.45, 2.75) is 206 Å². The van der Waals surface area contributed by atoms with Crippen molar-refractivity contribution in [1.82, 2.24) is 0 Å². The molecule has 286 valence electrons. The molecule has 0 fully saturated rings. The fraction of sp³-hybridized carbons (Fsp3) is 0.923. The molecule has 0 aromatic carbocycles. The van der Waals surface area contributed by atoms with Crippen molar-refractivity contribution in [3.8, 4) is 0 Å². The molecule has 0 aromatic rings. The molecule has 0 aliphatic rings. The minimum Gasteiger partial charge on any atom is -0.394 e. The number of aliphatic hydroxyl groups excluding tert-OH is 1. The molecule has 8 nitrogen and oxygen atoms in total. The quantitative estimate of drug-likeness (QED) is 0.0328. The summed E-state index contributed by atoms with van der Waals surface area (Å²) in [5, 5.41) is 10.0. The van der Waals surface area contributed by atoms with E-state index in [0.29, 0.717) is 13.0 Å². The number of phosphoric acid groups is 1. The van der Waals surface area contributed by atoms with E-state index in [1.54, 1.807) is 0 Å². The summed E-state index contributed by atoms with van der Waals surface area (Å²) in [6, 6.07) is 0. The number of aliphatic hydroxyl groups is 1. The highest BCUT2D eigenvalue weighted by molar-refractivity contribution is 7.47. The largest absolute Gasteiger partial charge is 0.473 e. The van der Waals surface area contributed by atoms with Crippen LogP contribution in [-0.4, -0.2) is 54.4 Å². The van der Waals surface area contributed by atoms with Gasteiger partial charge in [0.05, 0.1) is 13.2 Å². The van der Waals surface area contributed by atoms with E-state index < -0.39 is 26.6 Å². The Labute approximate surface area is 296 Å². The van der Waals surface area contributed by atoms with Crippen molar-refractivity contribution in [1.29, 1.82) is 0 Å². The smallest absolute Gasteiger partial charge is 0.394 e. The maximum Gasteiger partial charge on any atom is 0.473 e. The number of Topliss-reactive ketones (excluding diaryl/α,β-unsaturated/α-hetero) is 1. The van der Waals surface area contributed by atoms with E-state index >= 15 is 0 Å². The Bertz CT molecular complexity index is 767. The summed E-state index contributed by atoms with van der Waals surface area (Å²) in [5.41, 5.74) is 5.40. The second kappa shape index (κ2) is 36.2. The average molecular weight is 704 g/mol. The maximum atomic E-state index is 13.1. The Balaban J connectivity index is 4.30. The van der Waals surface area contributed by atoms with Crippen molar-refractivity contribution in [2.75, 3.05) is 26.4 Å². The first-order valence-electron chi connectivity index (χ1n) is 20.2. The van der Waals surface area contributed by atoms with Crippen LogP contribution in [0.1, 0.15) is 194 Å². The highest BCUT2D eigenvalue weighted by Gasteiger charge is 2.36. The summed E-state index contributed by atoms with van der Waals surface area (Å²) in [4.78, 5) is 23.3. The monoisotopic (exact) mass is 704 g/mol. The molecule has 0 rings (SSSR count). The molecule has 2 unspecified atom stereocenters. The van der Waals surface area contributed by atoms with Crippen LogP contribution < -0.4 is 5.73 Å². The van der Waals surface area contributed by atoms with E-state index in [1.165, 1.54) is 122 Å². The minimum atomic E-state index is -4.53. The second-order valence-corrected chi connectivity index (χ2v) is 15.0. The molecule has 0 aromatic heterocycles. The van der Waals surface area contributed by atoms with E-state index in [2.05, 4.69) is 26.0 Å². The lowest BCUT2D eigenvalue weighted by atomic mass is 10.0. The first-order valence-corrected chi connectivity index (χ1v) is 21.7. The van der Waals surface area contributed by atoms with E-state index in [1.807, 2.05) is 0 Å². The lowest BCUT2D eigenvalue weighted by Gasteiger charge is -2.26. The van der Waals surface area contributed by atoms with Gasteiger partial charge in [0, 0.05) is 19.6 Å². The molecule has 0 bridgehead atoms. The number of allylic oxidation sites excluding steroid dienone is 2. The highest BCUT2D eigenvalue weighted by Crippen LogP contribution is 2.45. The number of carbonyl (C=O) groups excluding carboxylic acids is 1. The number of phosphoric ester groups is 1. The number of hydrogen-bond acceptors (Lipinski definition) is 7. The lowest BCUT2D eigenvalue weighted by molar-refractivity contribution is -0.138. The third-order valence-electron chi connectivity index (χ3n) is 8.97. The number of carbonyl (C=O) groups is 1. The number of unbranched alkanes of at least 4 members (excludes halogenated alkanes) is 24. The third kappa shape index (κ3) is 31.4. The zero-order chi connectivity index (χ0) is 35.4. The van der Waals surface area contributed by atoms with Gasteiger partial charge in [-0.2, -0.15) is 0 Å². The molecule has 0 aliphatic carbocycles. The van der Waals surface area contributed by atoms with Crippen molar-refractivity contribution < 1.29 is 33.1 Å². The summed E-state index contributed by atoms with van der Waals surface area (Å²) in [7, 11) is -4.53. The topological polar surface area (TPSA) is 128 Å². The molecule has 0 heterocycles. The third-order valence-corrected chi connectivity index (χ3v) is 9.97. The van der Waals surface area contributed by atoms with Crippen LogP contribution in [0.15, 0.2) is 12.2 Å². The summed E-state index contributed by atoms with van der Waals surface area (Å²) >= 11 is 0. The molecule has 3 atom stereocenters. The van der Waals surface area contributed by atoms with Crippen LogP contribution in [0.3, 0.4) is 0 Å².